The molecular formula is C13H14N2O4S. The van der Waals surface area contributed by atoms with Crippen LogP contribution in [-0.2, 0) is 10.0 Å². The molecule has 0 bridgehead atoms. The summed E-state index contributed by atoms with van der Waals surface area (Å²) in [7, 11) is -3.42. The maximum Gasteiger partial charge on any atom is 0.291 e. The second kappa shape index (κ2) is 5.38. The minimum atomic E-state index is -3.42. The highest BCUT2D eigenvalue weighted by Crippen LogP contribution is 2.22. The largest absolute Gasteiger partial charge is 0.456 e. The third kappa shape index (κ3) is 3.61. The molecule has 2 N–H and O–H groups in total. The van der Waals surface area contributed by atoms with E-state index in [1.54, 1.807) is 43.3 Å². The number of hydrogen-bond donors (Lipinski definition) is 2. The van der Waals surface area contributed by atoms with Crippen molar-refractivity contribution in [1.82, 2.24) is 0 Å². The first-order valence-corrected chi connectivity index (χ1v) is 7.69. The van der Waals surface area contributed by atoms with Crippen LogP contribution in [0.25, 0.3) is 0 Å². The summed E-state index contributed by atoms with van der Waals surface area (Å²) < 4.78 is 30.1. The number of carbonyl (C=O) groups excluding carboxylic acids is 1. The van der Waals surface area contributed by atoms with Crippen molar-refractivity contribution in [3.05, 3.63) is 47.9 Å². The molecule has 0 spiro atoms. The van der Waals surface area contributed by atoms with Crippen molar-refractivity contribution in [3.8, 4) is 0 Å². The number of para-hydroxylation sites is 2. The summed E-state index contributed by atoms with van der Waals surface area (Å²) >= 11 is 0. The van der Waals surface area contributed by atoms with Crippen LogP contribution in [0.1, 0.15) is 16.3 Å². The number of anilines is 2. The number of nitrogens with one attached hydrogen (secondary N) is 2. The van der Waals surface area contributed by atoms with E-state index in [9.17, 15) is 13.2 Å². The van der Waals surface area contributed by atoms with Crippen LogP contribution in [-0.4, -0.2) is 20.6 Å². The Morgan fingerprint density at radius 2 is 1.75 bits per heavy atom. The van der Waals surface area contributed by atoms with Gasteiger partial charge in [-0.2, -0.15) is 0 Å². The Hall–Kier alpha value is -2.28. The zero-order chi connectivity index (χ0) is 14.8. The van der Waals surface area contributed by atoms with Gasteiger partial charge in [0, 0.05) is 0 Å². The van der Waals surface area contributed by atoms with E-state index < -0.39 is 15.9 Å². The van der Waals surface area contributed by atoms with Gasteiger partial charge in [0.1, 0.15) is 5.76 Å². The Morgan fingerprint density at radius 1 is 1.10 bits per heavy atom. The first-order chi connectivity index (χ1) is 9.35. The zero-order valence-corrected chi connectivity index (χ0v) is 11.8. The molecule has 2 aromatic rings. The van der Waals surface area contributed by atoms with Gasteiger partial charge in [-0.3, -0.25) is 9.52 Å². The summed E-state index contributed by atoms with van der Waals surface area (Å²) in [6.45, 7) is 1.73. The first kappa shape index (κ1) is 14.1. The van der Waals surface area contributed by atoms with Gasteiger partial charge in [0.25, 0.3) is 5.91 Å². The fourth-order valence-electron chi connectivity index (χ4n) is 1.62. The molecule has 2 rings (SSSR count). The number of hydrogen-bond acceptors (Lipinski definition) is 4. The second-order valence-corrected chi connectivity index (χ2v) is 6.03. The van der Waals surface area contributed by atoms with Crippen LogP contribution in [0, 0.1) is 6.92 Å². The van der Waals surface area contributed by atoms with E-state index in [-0.39, 0.29) is 5.76 Å². The number of rotatable bonds is 4. The zero-order valence-electron chi connectivity index (χ0n) is 11.0. The van der Waals surface area contributed by atoms with E-state index in [1.807, 2.05) is 0 Å². The van der Waals surface area contributed by atoms with Crippen molar-refractivity contribution in [1.29, 1.82) is 0 Å². The Bertz CT molecular complexity index is 734. The predicted octanol–water partition coefficient (Wildman–Crippen LogP) is 2.21. The fourth-order valence-corrected chi connectivity index (χ4v) is 2.20. The lowest BCUT2D eigenvalue weighted by atomic mass is 10.2. The SMILES string of the molecule is Cc1ccc(C(=O)Nc2ccccc2NS(C)(=O)=O)o1. The number of amides is 1. The molecule has 0 unspecified atom stereocenters. The average molecular weight is 294 g/mol. The van der Waals surface area contributed by atoms with Crippen molar-refractivity contribution in [2.24, 2.45) is 0 Å². The molecule has 1 heterocycles. The highest BCUT2D eigenvalue weighted by molar-refractivity contribution is 7.92. The molecule has 6 nitrogen and oxygen atoms in total. The lowest BCUT2D eigenvalue weighted by molar-refractivity contribution is 0.0995. The molecule has 0 aliphatic rings. The van der Waals surface area contributed by atoms with Gasteiger partial charge in [-0.15, -0.1) is 0 Å². The van der Waals surface area contributed by atoms with Gasteiger partial charge in [-0.1, -0.05) is 12.1 Å². The molecule has 0 radical (unpaired) electrons. The van der Waals surface area contributed by atoms with Crippen molar-refractivity contribution in [2.75, 3.05) is 16.3 Å². The van der Waals surface area contributed by atoms with Crippen molar-refractivity contribution in [3.63, 3.8) is 0 Å². The minimum absolute atomic E-state index is 0.164. The van der Waals surface area contributed by atoms with Crippen LogP contribution in [0.2, 0.25) is 0 Å². The molecule has 1 amide bonds. The molecule has 20 heavy (non-hydrogen) atoms. The van der Waals surface area contributed by atoms with Crippen LogP contribution in [0.4, 0.5) is 11.4 Å². The quantitative estimate of drug-likeness (QED) is 0.905. The maximum atomic E-state index is 12.0. The second-order valence-electron chi connectivity index (χ2n) is 4.28. The summed E-state index contributed by atoms with van der Waals surface area (Å²) in [6, 6.07) is 9.74. The topological polar surface area (TPSA) is 88.4 Å². The van der Waals surface area contributed by atoms with Crippen LogP contribution in [0.3, 0.4) is 0 Å². The van der Waals surface area contributed by atoms with Crippen molar-refractivity contribution < 1.29 is 17.6 Å². The van der Waals surface area contributed by atoms with Gasteiger partial charge in [0.15, 0.2) is 5.76 Å². The molecule has 0 saturated heterocycles. The molecule has 1 aromatic heterocycles. The molecule has 0 atom stereocenters. The van der Waals surface area contributed by atoms with E-state index in [4.69, 9.17) is 4.42 Å². The number of sulfonamides is 1. The molecular weight excluding hydrogens is 280 g/mol. The Kier molecular flexibility index (Phi) is 3.80. The normalized spacial score (nSPS) is 11.1. The van der Waals surface area contributed by atoms with Gasteiger partial charge >= 0.3 is 0 Å². The predicted molar refractivity (Wildman–Crippen MR) is 76.3 cm³/mol. The minimum Gasteiger partial charge on any atom is -0.456 e. The summed E-state index contributed by atoms with van der Waals surface area (Å²) in [5.41, 5.74) is 0.656. The average Bonchev–Trinajstić information content (AvgIpc) is 2.77. The summed E-state index contributed by atoms with van der Waals surface area (Å²) in [4.78, 5) is 12.0. The molecule has 0 aliphatic carbocycles. The fraction of sp³-hybridized carbons (Fsp3) is 0.154. The molecule has 0 saturated carbocycles. The number of carbonyl (C=O) groups is 1. The van der Waals surface area contributed by atoms with Crippen molar-refractivity contribution in [2.45, 2.75) is 6.92 Å². The standard InChI is InChI=1S/C13H14N2O4S/c1-9-7-8-12(19-9)13(16)14-10-5-3-4-6-11(10)15-20(2,17)18/h3-8,15H,1-2H3,(H,14,16). The highest BCUT2D eigenvalue weighted by atomic mass is 32.2. The molecule has 7 heteroatoms. The smallest absolute Gasteiger partial charge is 0.291 e. The van der Waals surface area contributed by atoms with E-state index in [0.29, 0.717) is 17.1 Å². The van der Waals surface area contributed by atoms with E-state index in [2.05, 4.69) is 10.0 Å². The van der Waals surface area contributed by atoms with Crippen LogP contribution in [0.15, 0.2) is 40.8 Å². The van der Waals surface area contributed by atoms with Gasteiger partial charge in [-0.05, 0) is 31.2 Å². The molecule has 0 aliphatic heterocycles. The van der Waals surface area contributed by atoms with Gasteiger partial charge in [0.05, 0.1) is 17.6 Å². The highest BCUT2D eigenvalue weighted by Gasteiger charge is 2.13. The summed E-state index contributed by atoms with van der Waals surface area (Å²) in [5, 5.41) is 2.60. The van der Waals surface area contributed by atoms with Crippen LogP contribution < -0.4 is 10.0 Å². The number of aryl methyl sites for hydroxylation is 1. The Balaban J connectivity index is 2.23. The van der Waals surface area contributed by atoms with E-state index in [1.165, 1.54) is 0 Å². The number of benzene rings is 1. The van der Waals surface area contributed by atoms with E-state index in [0.717, 1.165) is 6.26 Å². The monoisotopic (exact) mass is 294 g/mol. The van der Waals surface area contributed by atoms with Crippen LogP contribution in [0.5, 0.6) is 0 Å². The molecule has 0 fully saturated rings. The van der Waals surface area contributed by atoms with Gasteiger partial charge in [-0.25, -0.2) is 8.42 Å². The van der Waals surface area contributed by atoms with Crippen molar-refractivity contribution >= 4 is 27.3 Å². The summed E-state index contributed by atoms with van der Waals surface area (Å²) in [6.07, 6.45) is 1.04. The third-order valence-electron chi connectivity index (χ3n) is 2.43. The van der Waals surface area contributed by atoms with Gasteiger partial charge in [0.2, 0.25) is 10.0 Å². The molecule has 106 valence electrons. The molecule has 1 aromatic carbocycles. The Morgan fingerprint density at radius 3 is 2.30 bits per heavy atom. The third-order valence-corrected chi connectivity index (χ3v) is 3.03. The lowest BCUT2D eigenvalue weighted by Gasteiger charge is -2.10. The Labute approximate surface area is 116 Å². The first-order valence-electron chi connectivity index (χ1n) is 5.80. The summed E-state index contributed by atoms with van der Waals surface area (Å²) in [5.74, 6) is 0.343. The maximum absolute atomic E-state index is 12.0. The van der Waals surface area contributed by atoms with Crippen LogP contribution >= 0.6 is 0 Å². The lowest BCUT2D eigenvalue weighted by Crippen LogP contribution is -2.15. The van der Waals surface area contributed by atoms with Gasteiger partial charge < -0.3 is 9.73 Å². The van der Waals surface area contributed by atoms with E-state index >= 15 is 0 Å². The number of furan rings is 1.